The van der Waals surface area contributed by atoms with Gasteiger partial charge in [-0.3, -0.25) is 0 Å². The molecule has 12 heavy (non-hydrogen) atoms. The topological polar surface area (TPSA) is 12.5 Å². The first-order chi connectivity index (χ1) is 5.75. The minimum atomic E-state index is -0.186. The van der Waals surface area contributed by atoms with Crippen LogP contribution in [0.5, 0.6) is 0 Å². The Morgan fingerprint density at radius 2 is 2.33 bits per heavy atom. The number of ether oxygens (including phenoxy) is 1. The molecule has 0 spiro atoms. The second-order valence-electron chi connectivity index (χ2n) is 2.90. The van der Waals surface area contributed by atoms with E-state index in [4.69, 9.17) is 4.74 Å². The van der Waals surface area contributed by atoms with Crippen molar-refractivity contribution in [3.63, 3.8) is 0 Å². The highest BCUT2D eigenvalue weighted by atomic mass is 79.9. The third-order valence-electron chi connectivity index (χ3n) is 1.86. The van der Waals surface area contributed by atoms with E-state index in [2.05, 4.69) is 15.9 Å². The highest BCUT2D eigenvalue weighted by Crippen LogP contribution is 2.23. The number of hydrogen-bond donors (Lipinski definition) is 0. The van der Waals surface area contributed by atoms with E-state index in [-0.39, 0.29) is 5.82 Å². The van der Waals surface area contributed by atoms with Crippen LogP contribution in [0.1, 0.15) is 5.56 Å². The van der Waals surface area contributed by atoms with Gasteiger partial charge < -0.3 is 4.74 Å². The minimum absolute atomic E-state index is 0.186. The molecule has 0 radical (unpaired) electrons. The molecule has 1 aliphatic heterocycles. The molecule has 1 unspecified atom stereocenters. The van der Waals surface area contributed by atoms with Gasteiger partial charge in [-0.15, -0.1) is 0 Å². The molecule has 1 fully saturated rings. The molecule has 1 aromatic rings. The van der Waals surface area contributed by atoms with Gasteiger partial charge in [0.05, 0.1) is 12.7 Å². The van der Waals surface area contributed by atoms with Crippen LogP contribution >= 0.6 is 15.9 Å². The zero-order chi connectivity index (χ0) is 8.55. The van der Waals surface area contributed by atoms with E-state index >= 15 is 0 Å². The highest BCUT2D eigenvalue weighted by molar-refractivity contribution is 9.10. The van der Waals surface area contributed by atoms with Crippen LogP contribution in [0.25, 0.3) is 0 Å². The maximum Gasteiger partial charge on any atom is 0.123 e. The number of epoxide rings is 1. The van der Waals surface area contributed by atoms with Crippen molar-refractivity contribution in [1.82, 2.24) is 0 Å². The van der Waals surface area contributed by atoms with Gasteiger partial charge in [0.1, 0.15) is 5.82 Å². The monoisotopic (exact) mass is 230 g/mol. The van der Waals surface area contributed by atoms with Gasteiger partial charge in [0.2, 0.25) is 0 Å². The predicted octanol–water partition coefficient (Wildman–Crippen LogP) is 2.53. The molecule has 0 aliphatic carbocycles. The van der Waals surface area contributed by atoms with Gasteiger partial charge >= 0.3 is 0 Å². The van der Waals surface area contributed by atoms with E-state index in [9.17, 15) is 4.39 Å². The van der Waals surface area contributed by atoms with Crippen LogP contribution in [-0.2, 0) is 11.2 Å². The van der Waals surface area contributed by atoms with Crippen LogP contribution in [0.4, 0.5) is 4.39 Å². The summed E-state index contributed by atoms with van der Waals surface area (Å²) >= 11 is 3.36. The Balaban J connectivity index is 2.21. The zero-order valence-electron chi connectivity index (χ0n) is 6.39. The van der Waals surface area contributed by atoms with Gasteiger partial charge in [0.25, 0.3) is 0 Å². The molecule has 0 N–H and O–H groups in total. The van der Waals surface area contributed by atoms with Gasteiger partial charge in [-0.1, -0.05) is 15.9 Å². The predicted molar refractivity (Wildman–Crippen MR) is 47.5 cm³/mol. The lowest BCUT2D eigenvalue weighted by Gasteiger charge is -2.01. The summed E-state index contributed by atoms with van der Waals surface area (Å²) in [6.45, 7) is 0.808. The summed E-state index contributed by atoms with van der Waals surface area (Å²) in [5, 5.41) is 0. The van der Waals surface area contributed by atoms with Crippen molar-refractivity contribution in [2.24, 2.45) is 0 Å². The summed E-state index contributed by atoms with van der Waals surface area (Å²) in [5.41, 5.74) is 0.984. The first kappa shape index (κ1) is 8.20. The molecular weight excluding hydrogens is 223 g/mol. The van der Waals surface area contributed by atoms with Crippen molar-refractivity contribution >= 4 is 15.9 Å². The molecular formula is C9H8BrFO. The molecule has 64 valence electrons. The molecule has 3 heteroatoms. The van der Waals surface area contributed by atoms with E-state index in [1.165, 1.54) is 6.07 Å². The Labute approximate surface area is 78.7 Å². The summed E-state index contributed by atoms with van der Waals surface area (Å²) in [7, 11) is 0. The van der Waals surface area contributed by atoms with Crippen LogP contribution < -0.4 is 0 Å². The third kappa shape index (κ3) is 1.84. The Kier molecular flexibility index (Phi) is 2.15. The van der Waals surface area contributed by atoms with E-state index in [1.807, 2.05) is 0 Å². The Hall–Kier alpha value is -0.410. The Morgan fingerprint density at radius 3 is 3.00 bits per heavy atom. The Bertz CT molecular complexity index is 297. The first-order valence-corrected chi connectivity index (χ1v) is 4.60. The quantitative estimate of drug-likeness (QED) is 0.712. The second kappa shape index (κ2) is 3.15. The minimum Gasteiger partial charge on any atom is -0.373 e. The summed E-state index contributed by atoms with van der Waals surface area (Å²) in [4.78, 5) is 0. The van der Waals surface area contributed by atoms with Gasteiger partial charge in [-0.2, -0.15) is 0 Å². The number of hydrogen-bond acceptors (Lipinski definition) is 1. The van der Waals surface area contributed by atoms with E-state index < -0.39 is 0 Å². The maximum atomic E-state index is 12.8. The second-order valence-corrected chi connectivity index (χ2v) is 3.75. The van der Waals surface area contributed by atoms with E-state index in [1.54, 1.807) is 12.1 Å². The molecule has 0 aromatic heterocycles. The van der Waals surface area contributed by atoms with Gasteiger partial charge in [0.15, 0.2) is 0 Å². The van der Waals surface area contributed by atoms with Crippen LogP contribution in [0, 0.1) is 5.82 Å². The van der Waals surface area contributed by atoms with Crippen molar-refractivity contribution in [2.45, 2.75) is 12.5 Å². The third-order valence-corrected chi connectivity index (χ3v) is 2.63. The fraction of sp³-hybridized carbons (Fsp3) is 0.333. The molecule has 1 heterocycles. The molecule has 1 saturated heterocycles. The molecule has 0 bridgehead atoms. The fourth-order valence-corrected chi connectivity index (χ4v) is 1.54. The molecule has 2 rings (SSSR count). The first-order valence-electron chi connectivity index (χ1n) is 3.81. The van der Waals surface area contributed by atoms with Crippen molar-refractivity contribution in [2.75, 3.05) is 6.61 Å². The van der Waals surface area contributed by atoms with Crippen molar-refractivity contribution in [3.05, 3.63) is 34.1 Å². The van der Waals surface area contributed by atoms with Crippen molar-refractivity contribution in [1.29, 1.82) is 0 Å². The molecule has 1 nitrogen and oxygen atoms in total. The van der Waals surface area contributed by atoms with Gasteiger partial charge in [0, 0.05) is 10.9 Å². The van der Waals surface area contributed by atoms with Gasteiger partial charge in [-0.05, 0) is 23.8 Å². The van der Waals surface area contributed by atoms with Crippen LogP contribution in [-0.4, -0.2) is 12.7 Å². The van der Waals surface area contributed by atoms with E-state index in [0.717, 1.165) is 23.1 Å². The summed E-state index contributed by atoms with van der Waals surface area (Å²) in [6.07, 6.45) is 1.11. The summed E-state index contributed by atoms with van der Waals surface area (Å²) < 4.78 is 18.8. The van der Waals surface area contributed by atoms with Crippen LogP contribution in [0.15, 0.2) is 22.7 Å². The van der Waals surface area contributed by atoms with Crippen LogP contribution in [0.3, 0.4) is 0 Å². The molecule has 0 saturated carbocycles. The summed E-state index contributed by atoms with van der Waals surface area (Å²) in [5.74, 6) is -0.186. The Morgan fingerprint density at radius 1 is 1.58 bits per heavy atom. The smallest absolute Gasteiger partial charge is 0.123 e. The van der Waals surface area contributed by atoms with Crippen LogP contribution in [0.2, 0.25) is 0 Å². The standard InChI is InChI=1S/C9H8BrFO/c10-9-2-1-7(11)3-6(9)4-8-5-12-8/h1-3,8H,4-5H2. The zero-order valence-corrected chi connectivity index (χ0v) is 7.97. The average Bonchev–Trinajstić information content (AvgIpc) is 2.81. The van der Waals surface area contributed by atoms with Crippen molar-refractivity contribution < 1.29 is 9.13 Å². The lowest BCUT2D eigenvalue weighted by molar-refractivity contribution is 0.407. The number of benzene rings is 1. The maximum absolute atomic E-state index is 12.8. The number of rotatable bonds is 2. The average molecular weight is 231 g/mol. The highest BCUT2D eigenvalue weighted by Gasteiger charge is 2.23. The molecule has 1 aliphatic rings. The molecule has 1 aromatic carbocycles. The SMILES string of the molecule is Fc1ccc(Br)c(CC2CO2)c1. The molecule has 1 atom stereocenters. The lowest BCUT2D eigenvalue weighted by atomic mass is 10.1. The largest absolute Gasteiger partial charge is 0.373 e. The molecule has 0 amide bonds. The number of halogens is 2. The van der Waals surface area contributed by atoms with Crippen molar-refractivity contribution in [3.8, 4) is 0 Å². The lowest BCUT2D eigenvalue weighted by Crippen LogP contribution is -1.94. The van der Waals surface area contributed by atoms with E-state index in [0.29, 0.717) is 6.10 Å². The fourth-order valence-electron chi connectivity index (χ4n) is 1.13. The summed E-state index contributed by atoms with van der Waals surface area (Å²) in [6, 6.07) is 4.72. The van der Waals surface area contributed by atoms with Gasteiger partial charge in [-0.25, -0.2) is 4.39 Å². The normalized spacial score (nSPS) is 21.0.